The van der Waals surface area contributed by atoms with Crippen LogP contribution in [0.2, 0.25) is 0 Å². The van der Waals surface area contributed by atoms with Crippen molar-refractivity contribution < 1.29 is 8.42 Å². The molecule has 0 aliphatic rings. The van der Waals surface area contributed by atoms with Gasteiger partial charge in [0.25, 0.3) is 0 Å². The van der Waals surface area contributed by atoms with Crippen LogP contribution in [0.5, 0.6) is 0 Å². The number of halogens is 2. The average molecular weight is 386 g/mol. The van der Waals surface area contributed by atoms with Crippen LogP contribution in [-0.2, 0) is 10.0 Å². The highest BCUT2D eigenvalue weighted by molar-refractivity contribution is 9.11. The monoisotopic (exact) mass is 384 g/mol. The van der Waals surface area contributed by atoms with Gasteiger partial charge in [-0.2, -0.15) is 0 Å². The minimum Gasteiger partial charge on any atom is -0.330 e. The lowest BCUT2D eigenvalue weighted by atomic mass is 10.2. The maximum atomic E-state index is 12.0. The van der Waals surface area contributed by atoms with Crippen LogP contribution in [0.1, 0.15) is 12.0 Å². The van der Waals surface area contributed by atoms with E-state index in [0.717, 1.165) is 10.0 Å². The first-order valence-electron chi connectivity index (χ1n) is 5.04. The van der Waals surface area contributed by atoms with Crippen LogP contribution in [0.4, 0.5) is 0 Å². The van der Waals surface area contributed by atoms with Crippen molar-refractivity contribution >= 4 is 41.9 Å². The Morgan fingerprint density at radius 1 is 1.29 bits per heavy atom. The molecule has 0 saturated heterocycles. The van der Waals surface area contributed by atoms with Crippen LogP contribution in [0.15, 0.2) is 26.0 Å². The quantitative estimate of drug-likeness (QED) is 0.762. The van der Waals surface area contributed by atoms with Gasteiger partial charge in [0.2, 0.25) is 10.0 Å². The summed E-state index contributed by atoms with van der Waals surface area (Å²) < 4.78 is 27.8. The molecule has 7 heteroatoms. The predicted molar refractivity (Wildman–Crippen MR) is 75.4 cm³/mol. The van der Waals surface area contributed by atoms with Crippen LogP contribution >= 0.6 is 31.9 Å². The molecule has 0 aliphatic heterocycles. The lowest BCUT2D eigenvalue weighted by molar-refractivity contribution is 0.579. The SMILES string of the molecule is Cc1cc(Br)c(S(=O)(=O)NCCCN)cc1Br. The molecule has 0 spiro atoms. The summed E-state index contributed by atoms with van der Waals surface area (Å²) in [6.07, 6.45) is 0.615. The molecule has 0 amide bonds. The van der Waals surface area contributed by atoms with Gasteiger partial charge < -0.3 is 5.73 Å². The van der Waals surface area contributed by atoms with E-state index >= 15 is 0 Å². The van der Waals surface area contributed by atoms with Crippen LogP contribution in [0.3, 0.4) is 0 Å². The molecule has 0 radical (unpaired) electrons. The Kier molecular flexibility index (Phi) is 5.59. The summed E-state index contributed by atoms with van der Waals surface area (Å²) >= 11 is 6.58. The second-order valence-electron chi connectivity index (χ2n) is 3.57. The number of sulfonamides is 1. The molecule has 0 aliphatic carbocycles. The maximum Gasteiger partial charge on any atom is 0.241 e. The van der Waals surface area contributed by atoms with Crippen molar-refractivity contribution in [3.63, 3.8) is 0 Å². The predicted octanol–water partition coefficient (Wildman–Crippen LogP) is 2.15. The Morgan fingerprint density at radius 2 is 1.94 bits per heavy atom. The molecule has 96 valence electrons. The smallest absolute Gasteiger partial charge is 0.241 e. The molecular weight excluding hydrogens is 372 g/mol. The highest BCUT2D eigenvalue weighted by Crippen LogP contribution is 2.28. The molecule has 0 fully saturated rings. The summed E-state index contributed by atoms with van der Waals surface area (Å²) in [4.78, 5) is 0.229. The molecular formula is C10H14Br2N2O2S. The molecule has 0 unspecified atom stereocenters. The summed E-state index contributed by atoms with van der Waals surface area (Å²) in [5.41, 5.74) is 6.29. The summed E-state index contributed by atoms with van der Waals surface area (Å²) in [7, 11) is -3.48. The fraction of sp³-hybridized carbons (Fsp3) is 0.400. The molecule has 0 heterocycles. The van der Waals surface area contributed by atoms with Crippen molar-refractivity contribution in [2.45, 2.75) is 18.2 Å². The third-order valence-electron chi connectivity index (χ3n) is 2.18. The van der Waals surface area contributed by atoms with Crippen molar-refractivity contribution in [3.05, 3.63) is 26.6 Å². The Labute approximate surface area is 118 Å². The van der Waals surface area contributed by atoms with E-state index in [9.17, 15) is 8.42 Å². The van der Waals surface area contributed by atoms with E-state index in [2.05, 4.69) is 36.6 Å². The Morgan fingerprint density at radius 3 is 2.53 bits per heavy atom. The summed E-state index contributed by atoms with van der Waals surface area (Å²) in [5.74, 6) is 0. The lowest BCUT2D eigenvalue weighted by Crippen LogP contribution is -2.26. The van der Waals surface area contributed by atoms with E-state index in [4.69, 9.17) is 5.73 Å². The fourth-order valence-corrected chi connectivity index (χ4v) is 3.97. The number of hydrogen-bond donors (Lipinski definition) is 2. The largest absolute Gasteiger partial charge is 0.330 e. The van der Waals surface area contributed by atoms with E-state index in [-0.39, 0.29) is 4.90 Å². The lowest BCUT2D eigenvalue weighted by Gasteiger charge is -2.10. The van der Waals surface area contributed by atoms with E-state index in [1.807, 2.05) is 6.92 Å². The van der Waals surface area contributed by atoms with Crippen molar-refractivity contribution in [2.24, 2.45) is 5.73 Å². The Bertz CT molecular complexity index is 503. The van der Waals surface area contributed by atoms with E-state index in [0.29, 0.717) is 24.0 Å². The number of nitrogens with two attached hydrogens (primary N) is 1. The summed E-state index contributed by atoms with van der Waals surface area (Å²) in [6, 6.07) is 3.35. The van der Waals surface area contributed by atoms with Gasteiger partial charge in [0.1, 0.15) is 0 Å². The van der Waals surface area contributed by atoms with E-state index < -0.39 is 10.0 Å². The van der Waals surface area contributed by atoms with Gasteiger partial charge in [0, 0.05) is 15.5 Å². The van der Waals surface area contributed by atoms with E-state index in [1.54, 1.807) is 12.1 Å². The highest BCUT2D eigenvalue weighted by atomic mass is 79.9. The second-order valence-corrected chi connectivity index (χ2v) is 7.02. The Hall–Kier alpha value is 0.0500. The first-order valence-corrected chi connectivity index (χ1v) is 8.11. The van der Waals surface area contributed by atoms with Crippen molar-refractivity contribution in [1.82, 2.24) is 4.72 Å². The number of benzene rings is 1. The van der Waals surface area contributed by atoms with Crippen LogP contribution in [0, 0.1) is 6.92 Å². The molecule has 4 nitrogen and oxygen atoms in total. The first-order chi connectivity index (χ1) is 7.88. The summed E-state index contributed by atoms with van der Waals surface area (Å²) in [6.45, 7) is 2.70. The van der Waals surface area contributed by atoms with Gasteiger partial charge in [-0.3, -0.25) is 0 Å². The van der Waals surface area contributed by atoms with Gasteiger partial charge in [-0.25, -0.2) is 13.1 Å². The molecule has 1 aromatic carbocycles. The first kappa shape index (κ1) is 15.1. The average Bonchev–Trinajstić information content (AvgIpc) is 2.23. The number of nitrogens with one attached hydrogen (secondary N) is 1. The van der Waals surface area contributed by atoms with Crippen molar-refractivity contribution in [3.8, 4) is 0 Å². The number of aryl methyl sites for hydroxylation is 1. The van der Waals surface area contributed by atoms with Crippen LogP contribution in [-0.4, -0.2) is 21.5 Å². The fourth-order valence-electron chi connectivity index (χ4n) is 1.22. The van der Waals surface area contributed by atoms with Crippen molar-refractivity contribution in [1.29, 1.82) is 0 Å². The highest BCUT2D eigenvalue weighted by Gasteiger charge is 2.18. The van der Waals surface area contributed by atoms with Crippen LogP contribution in [0.25, 0.3) is 0 Å². The molecule has 17 heavy (non-hydrogen) atoms. The minimum absolute atomic E-state index is 0.229. The minimum atomic E-state index is -3.48. The van der Waals surface area contributed by atoms with Gasteiger partial charge in [-0.15, -0.1) is 0 Å². The van der Waals surface area contributed by atoms with Gasteiger partial charge in [0.05, 0.1) is 4.90 Å². The zero-order chi connectivity index (χ0) is 13.1. The van der Waals surface area contributed by atoms with Gasteiger partial charge in [-0.05, 0) is 53.5 Å². The zero-order valence-electron chi connectivity index (χ0n) is 9.33. The normalized spacial score (nSPS) is 11.8. The van der Waals surface area contributed by atoms with Gasteiger partial charge >= 0.3 is 0 Å². The number of hydrogen-bond acceptors (Lipinski definition) is 3. The van der Waals surface area contributed by atoms with E-state index in [1.165, 1.54) is 0 Å². The van der Waals surface area contributed by atoms with Crippen LogP contribution < -0.4 is 10.5 Å². The van der Waals surface area contributed by atoms with Crippen molar-refractivity contribution in [2.75, 3.05) is 13.1 Å². The standard InChI is InChI=1S/C10H14Br2N2O2S/c1-7-5-9(12)10(6-8(7)11)17(15,16)14-4-2-3-13/h5-6,14H,2-4,13H2,1H3. The molecule has 3 N–H and O–H groups in total. The number of rotatable bonds is 5. The maximum absolute atomic E-state index is 12.0. The molecule has 0 aromatic heterocycles. The third kappa shape index (κ3) is 4.03. The zero-order valence-corrected chi connectivity index (χ0v) is 13.3. The Balaban J connectivity index is 3.03. The molecule has 0 atom stereocenters. The topological polar surface area (TPSA) is 72.2 Å². The molecule has 0 bridgehead atoms. The summed E-state index contributed by atoms with van der Waals surface area (Å²) in [5, 5.41) is 0. The third-order valence-corrected chi connectivity index (χ3v) is 5.45. The van der Waals surface area contributed by atoms with Gasteiger partial charge in [-0.1, -0.05) is 15.9 Å². The molecule has 1 aromatic rings. The molecule has 0 saturated carbocycles. The second kappa shape index (κ2) is 6.29. The molecule has 1 rings (SSSR count). The van der Waals surface area contributed by atoms with Gasteiger partial charge in [0.15, 0.2) is 0 Å².